The van der Waals surface area contributed by atoms with Gasteiger partial charge in [0.2, 0.25) is 0 Å². The SMILES string of the molecule is COc1cc(F)c(-c2ccc(OC)cc2C=O)c(F)c1. The van der Waals surface area contributed by atoms with Crippen LogP contribution in [0.4, 0.5) is 8.78 Å². The van der Waals surface area contributed by atoms with Gasteiger partial charge in [0.15, 0.2) is 6.29 Å². The molecule has 0 aromatic heterocycles. The molecule has 0 radical (unpaired) electrons. The third-order valence-electron chi connectivity index (χ3n) is 2.91. The minimum absolute atomic E-state index is 0.0740. The van der Waals surface area contributed by atoms with Crippen LogP contribution in [0.25, 0.3) is 11.1 Å². The normalized spacial score (nSPS) is 10.2. The number of methoxy groups -OCH3 is 2. The van der Waals surface area contributed by atoms with Crippen molar-refractivity contribution in [1.29, 1.82) is 0 Å². The molecule has 0 saturated heterocycles. The molecule has 0 aliphatic rings. The Hall–Kier alpha value is -2.43. The second-order valence-electron chi connectivity index (χ2n) is 4.04. The standard InChI is InChI=1S/C15H12F2O3/c1-19-10-3-4-12(9(5-10)8-18)15-13(16)6-11(20-2)7-14(15)17/h3-8H,1-2H3. The van der Waals surface area contributed by atoms with Crippen LogP contribution in [0.5, 0.6) is 11.5 Å². The molecule has 2 aromatic rings. The quantitative estimate of drug-likeness (QED) is 0.803. The minimum Gasteiger partial charge on any atom is -0.497 e. The molecule has 0 aliphatic carbocycles. The highest BCUT2D eigenvalue weighted by Gasteiger charge is 2.17. The molecule has 0 fully saturated rings. The zero-order chi connectivity index (χ0) is 14.7. The van der Waals surface area contributed by atoms with Gasteiger partial charge in [0, 0.05) is 17.7 Å². The van der Waals surface area contributed by atoms with Crippen molar-refractivity contribution >= 4 is 6.29 Å². The molecular weight excluding hydrogens is 266 g/mol. The lowest BCUT2D eigenvalue weighted by Crippen LogP contribution is -1.97. The molecule has 2 aromatic carbocycles. The number of carbonyl (C=O) groups excluding carboxylic acids is 1. The van der Waals surface area contributed by atoms with Gasteiger partial charge in [-0.1, -0.05) is 0 Å². The molecule has 3 nitrogen and oxygen atoms in total. The smallest absolute Gasteiger partial charge is 0.150 e. The zero-order valence-electron chi connectivity index (χ0n) is 10.9. The Labute approximate surface area is 114 Å². The van der Waals surface area contributed by atoms with E-state index < -0.39 is 11.6 Å². The van der Waals surface area contributed by atoms with Crippen LogP contribution in [-0.4, -0.2) is 20.5 Å². The summed E-state index contributed by atoms with van der Waals surface area (Å²) in [6.45, 7) is 0. The number of halogens is 2. The van der Waals surface area contributed by atoms with Crippen LogP contribution in [0.3, 0.4) is 0 Å². The summed E-state index contributed by atoms with van der Waals surface area (Å²) in [6.07, 6.45) is 0.529. The van der Waals surface area contributed by atoms with Crippen LogP contribution >= 0.6 is 0 Å². The fourth-order valence-electron chi connectivity index (χ4n) is 1.92. The average molecular weight is 278 g/mol. The van der Waals surface area contributed by atoms with Crippen molar-refractivity contribution in [2.75, 3.05) is 14.2 Å². The summed E-state index contributed by atoms with van der Waals surface area (Å²) in [6, 6.07) is 6.53. The molecule has 0 amide bonds. The van der Waals surface area contributed by atoms with Crippen LogP contribution < -0.4 is 9.47 Å². The Morgan fingerprint density at radius 3 is 2.05 bits per heavy atom. The van der Waals surface area contributed by atoms with Crippen molar-refractivity contribution in [3.8, 4) is 22.6 Å². The number of hydrogen-bond donors (Lipinski definition) is 0. The molecule has 0 heterocycles. The molecular formula is C15H12F2O3. The molecule has 5 heteroatoms. The van der Waals surface area contributed by atoms with Gasteiger partial charge in [-0.15, -0.1) is 0 Å². The molecule has 0 spiro atoms. The monoisotopic (exact) mass is 278 g/mol. The largest absolute Gasteiger partial charge is 0.497 e. The summed E-state index contributed by atoms with van der Waals surface area (Å²) >= 11 is 0. The van der Waals surface area contributed by atoms with Crippen molar-refractivity contribution < 1.29 is 23.0 Å². The molecule has 0 unspecified atom stereocenters. The summed E-state index contributed by atoms with van der Waals surface area (Å²) in [5.74, 6) is -1.08. The van der Waals surface area contributed by atoms with Gasteiger partial charge < -0.3 is 9.47 Å². The first kappa shape index (κ1) is 14.0. The van der Waals surface area contributed by atoms with Crippen molar-refractivity contribution in [2.45, 2.75) is 0 Å². The van der Waals surface area contributed by atoms with E-state index in [9.17, 15) is 13.6 Å². The predicted octanol–water partition coefficient (Wildman–Crippen LogP) is 3.46. The Balaban J connectivity index is 2.65. The molecule has 0 bridgehead atoms. The molecule has 0 aliphatic heterocycles. The fourth-order valence-corrected chi connectivity index (χ4v) is 1.92. The molecule has 20 heavy (non-hydrogen) atoms. The van der Waals surface area contributed by atoms with Gasteiger partial charge in [-0.25, -0.2) is 8.78 Å². The third-order valence-corrected chi connectivity index (χ3v) is 2.91. The zero-order valence-corrected chi connectivity index (χ0v) is 10.9. The number of carbonyl (C=O) groups is 1. The van der Waals surface area contributed by atoms with Crippen molar-refractivity contribution in [1.82, 2.24) is 0 Å². The minimum atomic E-state index is -0.796. The summed E-state index contributed by atoms with van der Waals surface area (Å²) in [7, 11) is 2.76. The topological polar surface area (TPSA) is 35.5 Å². The highest BCUT2D eigenvalue weighted by molar-refractivity contribution is 5.88. The number of ether oxygens (including phenoxy) is 2. The van der Waals surface area contributed by atoms with Gasteiger partial charge >= 0.3 is 0 Å². The first-order chi connectivity index (χ1) is 9.60. The van der Waals surface area contributed by atoms with Gasteiger partial charge in [0.25, 0.3) is 0 Å². The Kier molecular flexibility index (Phi) is 3.98. The van der Waals surface area contributed by atoms with E-state index in [-0.39, 0.29) is 22.4 Å². The van der Waals surface area contributed by atoms with Crippen LogP contribution in [0.2, 0.25) is 0 Å². The summed E-state index contributed by atoms with van der Waals surface area (Å²) < 4.78 is 37.8. The highest BCUT2D eigenvalue weighted by atomic mass is 19.1. The van der Waals surface area contributed by atoms with E-state index in [1.165, 1.54) is 32.4 Å². The second-order valence-corrected chi connectivity index (χ2v) is 4.04. The van der Waals surface area contributed by atoms with E-state index in [0.717, 1.165) is 12.1 Å². The summed E-state index contributed by atoms with van der Waals surface area (Å²) in [5, 5.41) is 0. The molecule has 2 rings (SSSR count). The van der Waals surface area contributed by atoms with E-state index in [2.05, 4.69) is 0 Å². The number of rotatable bonds is 4. The lowest BCUT2D eigenvalue weighted by molar-refractivity contribution is 0.112. The van der Waals surface area contributed by atoms with E-state index in [4.69, 9.17) is 9.47 Å². The average Bonchev–Trinajstić information content (AvgIpc) is 2.46. The number of hydrogen-bond acceptors (Lipinski definition) is 3. The highest BCUT2D eigenvalue weighted by Crippen LogP contribution is 2.33. The molecule has 0 N–H and O–H groups in total. The lowest BCUT2D eigenvalue weighted by Gasteiger charge is -2.11. The lowest BCUT2D eigenvalue weighted by atomic mass is 9.99. The fraction of sp³-hybridized carbons (Fsp3) is 0.133. The maximum atomic E-state index is 14.0. The Bertz CT molecular complexity index is 631. The number of aldehydes is 1. The third kappa shape index (κ3) is 2.47. The van der Waals surface area contributed by atoms with Crippen LogP contribution in [-0.2, 0) is 0 Å². The van der Waals surface area contributed by atoms with E-state index in [0.29, 0.717) is 12.0 Å². The first-order valence-corrected chi connectivity index (χ1v) is 5.77. The van der Waals surface area contributed by atoms with Gasteiger partial charge in [0.05, 0.1) is 19.8 Å². The van der Waals surface area contributed by atoms with Gasteiger partial charge in [0.1, 0.15) is 23.1 Å². The number of benzene rings is 2. The molecule has 0 atom stereocenters. The van der Waals surface area contributed by atoms with Crippen LogP contribution in [0.1, 0.15) is 10.4 Å². The predicted molar refractivity (Wildman–Crippen MR) is 70.3 cm³/mol. The summed E-state index contributed by atoms with van der Waals surface area (Å²) in [5.41, 5.74) is 0.0429. The maximum Gasteiger partial charge on any atom is 0.150 e. The van der Waals surface area contributed by atoms with Gasteiger partial charge in [-0.3, -0.25) is 4.79 Å². The van der Waals surface area contributed by atoms with E-state index in [1.54, 1.807) is 0 Å². The van der Waals surface area contributed by atoms with E-state index in [1.807, 2.05) is 0 Å². The van der Waals surface area contributed by atoms with Crippen molar-refractivity contribution in [2.24, 2.45) is 0 Å². The maximum absolute atomic E-state index is 14.0. The van der Waals surface area contributed by atoms with Crippen LogP contribution in [0.15, 0.2) is 30.3 Å². The van der Waals surface area contributed by atoms with Gasteiger partial charge in [-0.2, -0.15) is 0 Å². The molecule has 0 saturated carbocycles. The Morgan fingerprint density at radius 1 is 0.950 bits per heavy atom. The van der Waals surface area contributed by atoms with Gasteiger partial charge in [-0.05, 0) is 23.8 Å². The van der Waals surface area contributed by atoms with E-state index >= 15 is 0 Å². The van der Waals surface area contributed by atoms with Crippen molar-refractivity contribution in [3.05, 3.63) is 47.5 Å². The van der Waals surface area contributed by atoms with Crippen LogP contribution in [0, 0.1) is 11.6 Å². The second kappa shape index (κ2) is 5.69. The summed E-state index contributed by atoms with van der Waals surface area (Å²) in [4.78, 5) is 11.1. The molecule has 104 valence electrons. The first-order valence-electron chi connectivity index (χ1n) is 5.77. The Morgan fingerprint density at radius 2 is 1.55 bits per heavy atom. The van der Waals surface area contributed by atoms with Crippen molar-refractivity contribution in [3.63, 3.8) is 0 Å².